The molecule has 7 heteroatoms. The first-order valence-electron chi connectivity index (χ1n) is 9.61. The van der Waals surface area contributed by atoms with Crippen LogP contribution in [0.25, 0.3) is 5.76 Å². The summed E-state index contributed by atoms with van der Waals surface area (Å²) >= 11 is 0. The number of likely N-dealkylation sites (tertiary alicyclic amines) is 1. The molecule has 1 heterocycles. The Bertz CT molecular complexity index is 995. The van der Waals surface area contributed by atoms with Crippen molar-refractivity contribution in [2.75, 3.05) is 34.3 Å². The number of benzene rings is 2. The molecule has 1 saturated heterocycles. The van der Waals surface area contributed by atoms with Crippen LogP contribution in [-0.2, 0) is 9.59 Å². The summed E-state index contributed by atoms with van der Waals surface area (Å²) in [7, 11) is 5.18. The van der Waals surface area contributed by atoms with Crippen LogP contribution in [0.4, 0.5) is 0 Å². The van der Waals surface area contributed by atoms with Gasteiger partial charge in [-0.1, -0.05) is 35.9 Å². The van der Waals surface area contributed by atoms with E-state index in [1.54, 1.807) is 24.3 Å². The van der Waals surface area contributed by atoms with Crippen LogP contribution in [0.15, 0.2) is 48.0 Å². The van der Waals surface area contributed by atoms with E-state index in [0.717, 1.165) is 5.56 Å². The molecule has 2 N–H and O–H groups in total. The average Bonchev–Trinajstić information content (AvgIpc) is 2.96. The average molecular weight is 410 g/mol. The number of hydrogen-bond donors (Lipinski definition) is 2. The highest BCUT2D eigenvalue weighted by atomic mass is 16.5. The van der Waals surface area contributed by atoms with Crippen LogP contribution in [0.5, 0.6) is 11.5 Å². The lowest BCUT2D eigenvalue weighted by Crippen LogP contribution is -2.35. The molecule has 1 aliphatic heterocycles. The third kappa shape index (κ3) is 4.02. The molecule has 1 aliphatic rings. The van der Waals surface area contributed by atoms with E-state index in [0.29, 0.717) is 24.2 Å². The molecule has 0 spiro atoms. The van der Waals surface area contributed by atoms with Crippen molar-refractivity contribution in [3.8, 4) is 11.5 Å². The number of Topliss-reactive ketones (excluding diaryl/α,β-unsaturated/α-hetero) is 1. The van der Waals surface area contributed by atoms with Gasteiger partial charge in [0.25, 0.3) is 11.7 Å². The maximum atomic E-state index is 12.9. The van der Waals surface area contributed by atoms with Crippen molar-refractivity contribution in [1.29, 1.82) is 0 Å². The maximum Gasteiger partial charge on any atom is 0.295 e. The summed E-state index contributed by atoms with van der Waals surface area (Å²) in [4.78, 5) is 29.1. The number of nitrogens with zero attached hydrogens (tertiary/aromatic N) is 2. The lowest BCUT2D eigenvalue weighted by molar-refractivity contribution is -0.140. The standard InChI is InChI=1S/C23H26N2O5/c1-14-5-7-15(8-6-14)21(27)19-20(16-9-10-18(30-4)17(26)13-16)25(12-11-24(2)3)23(29)22(19)28/h5-10,13,20,26-27H,11-12H2,1-4H3/b21-19-. The number of phenolic OH excluding ortho intramolecular Hbond substituents is 1. The molecule has 2 aromatic rings. The number of rotatable bonds is 6. The summed E-state index contributed by atoms with van der Waals surface area (Å²) in [6, 6.07) is 11.0. The van der Waals surface area contributed by atoms with Gasteiger partial charge in [-0.25, -0.2) is 0 Å². The summed E-state index contributed by atoms with van der Waals surface area (Å²) < 4.78 is 5.10. The molecule has 1 amide bonds. The van der Waals surface area contributed by atoms with Gasteiger partial charge in [-0.05, 0) is 38.7 Å². The normalized spacial score (nSPS) is 18.3. The number of aliphatic hydroxyl groups excluding tert-OH is 1. The van der Waals surface area contributed by atoms with Gasteiger partial charge in [0.1, 0.15) is 5.76 Å². The molecular formula is C23H26N2O5. The number of hydrogen-bond acceptors (Lipinski definition) is 6. The van der Waals surface area contributed by atoms with Gasteiger partial charge in [0.05, 0.1) is 18.7 Å². The van der Waals surface area contributed by atoms with Gasteiger partial charge < -0.3 is 24.7 Å². The predicted molar refractivity (Wildman–Crippen MR) is 113 cm³/mol. The Hall–Kier alpha value is -3.32. The quantitative estimate of drug-likeness (QED) is 0.432. The first kappa shape index (κ1) is 21.4. The highest BCUT2D eigenvalue weighted by molar-refractivity contribution is 6.46. The van der Waals surface area contributed by atoms with Crippen molar-refractivity contribution in [1.82, 2.24) is 9.80 Å². The molecule has 1 atom stereocenters. The highest BCUT2D eigenvalue weighted by Crippen LogP contribution is 2.41. The zero-order valence-electron chi connectivity index (χ0n) is 17.5. The minimum Gasteiger partial charge on any atom is -0.507 e. The van der Waals surface area contributed by atoms with E-state index in [9.17, 15) is 19.8 Å². The Labute approximate surface area is 175 Å². The van der Waals surface area contributed by atoms with Crippen molar-refractivity contribution in [2.45, 2.75) is 13.0 Å². The van der Waals surface area contributed by atoms with Gasteiger partial charge in [-0.3, -0.25) is 9.59 Å². The Morgan fingerprint density at radius 1 is 1.13 bits per heavy atom. The van der Waals surface area contributed by atoms with Gasteiger partial charge >= 0.3 is 0 Å². The van der Waals surface area contributed by atoms with Crippen molar-refractivity contribution in [3.05, 3.63) is 64.7 Å². The van der Waals surface area contributed by atoms with Gasteiger partial charge in [0.15, 0.2) is 11.5 Å². The van der Waals surface area contributed by atoms with Crippen LogP contribution < -0.4 is 4.74 Å². The summed E-state index contributed by atoms with van der Waals surface area (Å²) in [6.45, 7) is 2.75. The number of aliphatic hydroxyl groups is 1. The van der Waals surface area contributed by atoms with E-state index in [4.69, 9.17) is 4.74 Å². The first-order chi connectivity index (χ1) is 14.2. The molecule has 7 nitrogen and oxygen atoms in total. The summed E-state index contributed by atoms with van der Waals surface area (Å²) in [5, 5.41) is 21.2. The number of phenols is 1. The molecule has 0 radical (unpaired) electrons. The molecule has 1 unspecified atom stereocenters. The number of carbonyl (C=O) groups excluding carboxylic acids is 2. The second-order valence-electron chi connectivity index (χ2n) is 7.59. The number of amides is 1. The van der Waals surface area contributed by atoms with E-state index in [1.165, 1.54) is 18.1 Å². The van der Waals surface area contributed by atoms with Crippen LogP contribution in [0.2, 0.25) is 0 Å². The van der Waals surface area contributed by atoms with Gasteiger partial charge in [-0.15, -0.1) is 0 Å². The van der Waals surface area contributed by atoms with Gasteiger partial charge in [0, 0.05) is 18.7 Å². The third-order valence-electron chi connectivity index (χ3n) is 5.17. The number of aryl methyl sites for hydroxylation is 1. The Kier molecular flexibility index (Phi) is 6.12. The number of aromatic hydroxyl groups is 1. The predicted octanol–water partition coefficient (Wildman–Crippen LogP) is 2.69. The summed E-state index contributed by atoms with van der Waals surface area (Å²) in [5.74, 6) is -1.48. The van der Waals surface area contributed by atoms with E-state index < -0.39 is 17.7 Å². The van der Waals surface area contributed by atoms with Crippen LogP contribution in [0, 0.1) is 6.92 Å². The SMILES string of the molecule is COc1ccc(C2/C(=C(/O)c3ccc(C)cc3)C(=O)C(=O)N2CCN(C)C)cc1O. The van der Waals surface area contributed by atoms with Crippen LogP contribution in [0.1, 0.15) is 22.7 Å². The molecular weight excluding hydrogens is 384 g/mol. The fourth-order valence-corrected chi connectivity index (χ4v) is 3.51. The number of likely N-dealkylation sites (N-methyl/N-ethyl adjacent to an activating group) is 1. The van der Waals surface area contributed by atoms with E-state index >= 15 is 0 Å². The smallest absolute Gasteiger partial charge is 0.295 e. The zero-order chi connectivity index (χ0) is 22.0. The minimum atomic E-state index is -0.817. The van der Waals surface area contributed by atoms with Crippen LogP contribution >= 0.6 is 0 Å². The molecule has 30 heavy (non-hydrogen) atoms. The number of methoxy groups -OCH3 is 1. The molecule has 0 aliphatic carbocycles. The summed E-state index contributed by atoms with van der Waals surface area (Å²) in [6.07, 6.45) is 0. The molecule has 0 saturated carbocycles. The summed E-state index contributed by atoms with van der Waals surface area (Å²) in [5.41, 5.74) is 1.98. The maximum absolute atomic E-state index is 12.9. The zero-order valence-corrected chi connectivity index (χ0v) is 17.5. The topological polar surface area (TPSA) is 90.3 Å². The van der Waals surface area contributed by atoms with Gasteiger partial charge in [0.2, 0.25) is 0 Å². The fraction of sp³-hybridized carbons (Fsp3) is 0.304. The molecule has 1 fully saturated rings. The second-order valence-corrected chi connectivity index (χ2v) is 7.59. The molecule has 0 aromatic heterocycles. The van der Waals surface area contributed by atoms with Crippen molar-refractivity contribution < 1.29 is 24.5 Å². The van der Waals surface area contributed by atoms with E-state index in [1.807, 2.05) is 38.1 Å². The molecule has 158 valence electrons. The first-order valence-corrected chi connectivity index (χ1v) is 9.61. The lowest BCUT2D eigenvalue weighted by Gasteiger charge is -2.26. The van der Waals surface area contributed by atoms with Gasteiger partial charge in [-0.2, -0.15) is 0 Å². The number of ketones is 1. The van der Waals surface area contributed by atoms with E-state index in [-0.39, 0.29) is 22.8 Å². The van der Waals surface area contributed by atoms with Crippen LogP contribution in [-0.4, -0.2) is 66.0 Å². The second kappa shape index (κ2) is 8.59. The van der Waals surface area contributed by atoms with E-state index in [2.05, 4.69) is 0 Å². The minimum absolute atomic E-state index is 0.00664. The molecule has 2 aromatic carbocycles. The number of ether oxygens (including phenoxy) is 1. The fourth-order valence-electron chi connectivity index (χ4n) is 3.51. The lowest BCUT2D eigenvalue weighted by atomic mass is 9.94. The largest absolute Gasteiger partial charge is 0.507 e. The van der Waals surface area contributed by atoms with Crippen molar-refractivity contribution >= 4 is 17.4 Å². The monoisotopic (exact) mass is 410 g/mol. The van der Waals surface area contributed by atoms with Crippen molar-refractivity contribution in [2.24, 2.45) is 0 Å². The Morgan fingerprint density at radius 3 is 2.37 bits per heavy atom. The molecule has 0 bridgehead atoms. The van der Waals surface area contributed by atoms with Crippen LogP contribution in [0.3, 0.4) is 0 Å². The molecule has 3 rings (SSSR count). The Balaban J connectivity index is 2.16. The Morgan fingerprint density at radius 2 is 1.80 bits per heavy atom. The number of carbonyl (C=O) groups is 2. The third-order valence-corrected chi connectivity index (χ3v) is 5.17. The van der Waals surface area contributed by atoms with Crippen molar-refractivity contribution in [3.63, 3.8) is 0 Å². The highest BCUT2D eigenvalue weighted by Gasteiger charge is 2.46.